The highest BCUT2D eigenvalue weighted by Gasteiger charge is 2.23. The van der Waals surface area contributed by atoms with Crippen molar-refractivity contribution in [2.75, 3.05) is 4.90 Å². The summed E-state index contributed by atoms with van der Waals surface area (Å²) in [6.45, 7) is 0. The molecule has 47 heavy (non-hydrogen) atoms. The number of rotatable bonds is 4. The average molecular weight is 618 g/mol. The smallest absolute Gasteiger partial charge is 0.143 e. The van der Waals surface area contributed by atoms with Crippen molar-refractivity contribution in [1.82, 2.24) is 0 Å². The van der Waals surface area contributed by atoms with Gasteiger partial charge in [-0.1, -0.05) is 115 Å². The van der Waals surface area contributed by atoms with E-state index in [1.54, 1.807) is 0 Å². The van der Waals surface area contributed by atoms with Crippen LogP contribution in [0.4, 0.5) is 17.1 Å². The van der Waals surface area contributed by atoms with Crippen LogP contribution in [-0.2, 0) is 0 Å². The lowest BCUT2D eigenvalue weighted by atomic mass is 10.0. The molecule has 0 saturated heterocycles. The van der Waals surface area contributed by atoms with Gasteiger partial charge in [-0.05, 0) is 75.8 Å². The predicted octanol–water partition coefficient (Wildman–Crippen LogP) is 13.4. The van der Waals surface area contributed by atoms with E-state index in [4.69, 9.17) is 4.42 Å². The van der Waals surface area contributed by atoms with Crippen molar-refractivity contribution in [1.29, 1.82) is 0 Å². The minimum Gasteiger partial charge on any atom is -0.455 e. The molecule has 0 bridgehead atoms. The highest BCUT2D eigenvalue weighted by Crippen LogP contribution is 2.48. The van der Waals surface area contributed by atoms with E-state index in [9.17, 15) is 0 Å². The molecule has 0 aliphatic heterocycles. The van der Waals surface area contributed by atoms with Crippen molar-refractivity contribution >= 4 is 92.1 Å². The summed E-state index contributed by atoms with van der Waals surface area (Å²) < 4.78 is 9.21. The Morgan fingerprint density at radius 2 is 1.13 bits per heavy atom. The number of nitrogens with zero attached hydrogens (tertiary/aromatic N) is 1. The molecule has 0 N–H and O–H groups in total. The molecular weight excluding hydrogens is 591 g/mol. The van der Waals surface area contributed by atoms with Crippen LogP contribution in [0.15, 0.2) is 168 Å². The van der Waals surface area contributed by atoms with E-state index in [1.165, 1.54) is 47.5 Å². The molecule has 0 atom stereocenters. The van der Waals surface area contributed by atoms with Crippen LogP contribution >= 0.6 is 11.3 Å². The second-order valence-corrected chi connectivity index (χ2v) is 13.2. The molecule has 2 nitrogen and oxygen atoms in total. The third-order valence-corrected chi connectivity index (χ3v) is 10.6. The summed E-state index contributed by atoms with van der Waals surface area (Å²) in [5.74, 6) is 0. The van der Waals surface area contributed by atoms with E-state index in [0.29, 0.717) is 0 Å². The maximum Gasteiger partial charge on any atom is 0.143 e. The van der Waals surface area contributed by atoms with Gasteiger partial charge < -0.3 is 9.32 Å². The summed E-state index contributed by atoms with van der Waals surface area (Å²) in [5.41, 5.74) is 7.57. The van der Waals surface area contributed by atoms with Crippen molar-refractivity contribution < 1.29 is 4.42 Å². The molecule has 0 aliphatic carbocycles. The van der Waals surface area contributed by atoms with Gasteiger partial charge in [0.05, 0.1) is 21.5 Å². The molecule has 10 rings (SSSR count). The minimum absolute atomic E-state index is 0.884. The Hall–Kier alpha value is -5.90. The molecular formula is C44H27NOS. The highest BCUT2D eigenvalue weighted by molar-refractivity contribution is 7.26. The lowest BCUT2D eigenvalue weighted by Crippen LogP contribution is -2.10. The Kier molecular flexibility index (Phi) is 5.78. The Morgan fingerprint density at radius 3 is 2.02 bits per heavy atom. The van der Waals surface area contributed by atoms with Crippen LogP contribution in [0, 0.1) is 0 Å². The second-order valence-electron chi connectivity index (χ2n) is 12.1. The molecule has 0 aliphatic rings. The van der Waals surface area contributed by atoms with Gasteiger partial charge in [-0.3, -0.25) is 0 Å². The van der Waals surface area contributed by atoms with E-state index < -0.39 is 0 Å². The summed E-state index contributed by atoms with van der Waals surface area (Å²) in [4.78, 5) is 2.42. The van der Waals surface area contributed by atoms with Gasteiger partial charge in [-0.25, -0.2) is 0 Å². The van der Waals surface area contributed by atoms with Crippen molar-refractivity contribution in [3.05, 3.63) is 164 Å². The van der Waals surface area contributed by atoms with Gasteiger partial charge in [0.25, 0.3) is 0 Å². The molecule has 3 heteroatoms. The normalized spacial score (nSPS) is 11.8. The zero-order valence-electron chi connectivity index (χ0n) is 25.4. The van der Waals surface area contributed by atoms with E-state index in [0.717, 1.165) is 44.4 Å². The molecule has 0 spiro atoms. The Balaban J connectivity index is 1.22. The summed E-state index contributed by atoms with van der Waals surface area (Å²) in [6.07, 6.45) is 0. The molecule has 0 unspecified atom stereocenters. The van der Waals surface area contributed by atoms with Gasteiger partial charge in [0.15, 0.2) is 0 Å². The summed E-state index contributed by atoms with van der Waals surface area (Å²) >= 11 is 1.85. The number of hydrogen-bond acceptors (Lipinski definition) is 3. The predicted molar refractivity (Wildman–Crippen MR) is 202 cm³/mol. The van der Waals surface area contributed by atoms with Crippen LogP contribution in [0.1, 0.15) is 0 Å². The maximum atomic E-state index is 6.65. The molecule has 0 radical (unpaired) electrons. The topological polar surface area (TPSA) is 16.4 Å². The Labute approximate surface area is 275 Å². The number of anilines is 3. The van der Waals surface area contributed by atoms with Gasteiger partial charge in [0.2, 0.25) is 0 Å². The number of fused-ring (bicyclic) bond motifs is 9. The first-order valence-electron chi connectivity index (χ1n) is 15.9. The molecule has 2 aromatic heterocycles. The third kappa shape index (κ3) is 4.10. The Morgan fingerprint density at radius 1 is 0.447 bits per heavy atom. The van der Waals surface area contributed by atoms with Crippen LogP contribution in [-0.4, -0.2) is 0 Å². The van der Waals surface area contributed by atoms with Gasteiger partial charge in [0.1, 0.15) is 11.2 Å². The van der Waals surface area contributed by atoms with Gasteiger partial charge in [-0.2, -0.15) is 0 Å². The number of benzene rings is 8. The van der Waals surface area contributed by atoms with Gasteiger partial charge >= 0.3 is 0 Å². The molecule has 10 aromatic rings. The largest absolute Gasteiger partial charge is 0.455 e. The Bertz CT molecular complexity index is 2810. The van der Waals surface area contributed by atoms with E-state index in [-0.39, 0.29) is 0 Å². The van der Waals surface area contributed by atoms with Crippen LogP contribution in [0.5, 0.6) is 0 Å². The fraction of sp³-hybridized carbons (Fsp3) is 0. The second kappa shape index (κ2) is 10.3. The van der Waals surface area contributed by atoms with Crippen molar-refractivity contribution in [3.63, 3.8) is 0 Å². The molecule has 8 aromatic carbocycles. The zero-order valence-corrected chi connectivity index (χ0v) is 26.2. The lowest BCUT2D eigenvalue weighted by Gasteiger charge is -2.27. The molecule has 0 saturated carbocycles. The van der Waals surface area contributed by atoms with Gasteiger partial charge in [-0.15, -0.1) is 11.3 Å². The maximum absolute atomic E-state index is 6.65. The average Bonchev–Trinajstić information content (AvgIpc) is 3.72. The molecule has 220 valence electrons. The quantitative estimate of drug-likeness (QED) is 0.195. The first kappa shape index (κ1) is 26.3. The number of thiophene rings is 1. The molecule has 2 heterocycles. The summed E-state index contributed by atoms with van der Waals surface area (Å²) in [6, 6.07) is 59.0. The number of furan rings is 1. The van der Waals surface area contributed by atoms with Crippen LogP contribution in [0.25, 0.3) is 74.8 Å². The summed E-state index contributed by atoms with van der Waals surface area (Å²) in [5, 5.41) is 9.61. The van der Waals surface area contributed by atoms with Crippen LogP contribution < -0.4 is 4.90 Å². The first-order chi connectivity index (χ1) is 23.3. The lowest BCUT2D eigenvalue weighted by molar-refractivity contribution is 0.672. The monoisotopic (exact) mass is 617 g/mol. The van der Waals surface area contributed by atoms with E-state index >= 15 is 0 Å². The van der Waals surface area contributed by atoms with E-state index in [2.05, 4.69) is 169 Å². The minimum atomic E-state index is 0.884. The standard InChI is InChI=1S/C44H27NOS/c1-2-11-31-27-32(20-19-28(31)9-1)29-21-24-33(25-22-29)45(39-16-7-14-36-35-13-5-6-18-41(35)47-44(36)39)38-15-8-17-40-42(38)37-26-23-30-10-3-4-12-34(30)43(37)46-40/h1-27H. The first-order valence-corrected chi connectivity index (χ1v) is 16.7. The van der Waals surface area contributed by atoms with Crippen LogP contribution in [0.2, 0.25) is 0 Å². The zero-order chi connectivity index (χ0) is 30.9. The van der Waals surface area contributed by atoms with Crippen molar-refractivity contribution in [3.8, 4) is 11.1 Å². The van der Waals surface area contributed by atoms with Crippen LogP contribution in [0.3, 0.4) is 0 Å². The molecule has 0 fully saturated rings. The van der Waals surface area contributed by atoms with Crippen molar-refractivity contribution in [2.45, 2.75) is 0 Å². The highest BCUT2D eigenvalue weighted by atomic mass is 32.1. The van der Waals surface area contributed by atoms with E-state index in [1.807, 2.05) is 11.3 Å². The third-order valence-electron chi connectivity index (χ3n) is 9.44. The SMILES string of the molecule is c1ccc2cc(-c3ccc(N(c4cccc5c4sc4ccccc45)c4cccc5oc6c7ccccc7ccc6c45)cc3)ccc2c1. The summed E-state index contributed by atoms with van der Waals surface area (Å²) in [7, 11) is 0. The number of hydrogen-bond donors (Lipinski definition) is 0. The molecule has 0 amide bonds. The van der Waals surface area contributed by atoms with Crippen molar-refractivity contribution in [2.24, 2.45) is 0 Å². The van der Waals surface area contributed by atoms with Gasteiger partial charge in [0, 0.05) is 31.9 Å². The fourth-order valence-electron chi connectivity index (χ4n) is 7.21. The fourth-order valence-corrected chi connectivity index (χ4v) is 8.42.